The molecule has 3 aromatic rings. The summed E-state index contributed by atoms with van der Waals surface area (Å²) in [6.07, 6.45) is 2.36. The van der Waals surface area contributed by atoms with Crippen molar-refractivity contribution >= 4 is 16.9 Å². The van der Waals surface area contributed by atoms with Crippen molar-refractivity contribution in [2.75, 3.05) is 46.2 Å². The molecule has 0 aliphatic rings. The normalized spacial score (nSPS) is 12.9. The predicted molar refractivity (Wildman–Crippen MR) is 125 cm³/mol. The lowest BCUT2D eigenvalue weighted by molar-refractivity contribution is -0.150. The second-order valence-electron chi connectivity index (χ2n) is 7.84. The van der Waals surface area contributed by atoms with Gasteiger partial charge in [0.05, 0.1) is 49.8 Å². The predicted octanol–water partition coefficient (Wildman–Crippen LogP) is 1.63. The molecule has 0 saturated carbocycles. The maximum absolute atomic E-state index is 14.0. The molecule has 0 saturated heterocycles. The van der Waals surface area contributed by atoms with Crippen LogP contribution >= 0.6 is 0 Å². The number of carbonyl (C=O) groups excluding carboxylic acids is 1. The molecule has 0 fully saturated rings. The molecule has 188 valence electrons. The van der Waals surface area contributed by atoms with Gasteiger partial charge in [-0.3, -0.25) is 9.78 Å². The third-order valence-corrected chi connectivity index (χ3v) is 5.00. The molecular weight excluding hydrogens is 461 g/mol. The molecule has 0 bridgehead atoms. The molecule has 0 spiro atoms. The molecule has 0 aliphatic carbocycles. The largest absolute Gasteiger partial charge is 0.491 e. The van der Waals surface area contributed by atoms with Gasteiger partial charge in [0.2, 0.25) is 0 Å². The summed E-state index contributed by atoms with van der Waals surface area (Å²) >= 11 is 0. The van der Waals surface area contributed by atoms with Crippen molar-refractivity contribution < 1.29 is 32.5 Å². The van der Waals surface area contributed by atoms with E-state index in [0.717, 1.165) is 6.20 Å². The van der Waals surface area contributed by atoms with Crippen LogP contribution in [0.25, 0.3) is 22.1 Å². The maximum atomic E-state index is 14.0. The number of esters is 1. The van der Waals surface area contributed by atoms with Gasteiger partial charge < -0.3 is 34.8 Å². The van der Waals surface area contributed by atoms with Gasteiger partial charge in [0.15, 0.2) is 11.4 Å². The zero-order valence-electron chi connectivity index (χ0n) is 19.3. The van der Waals surface area contributed by atoms with Crippen molar-refractivity contribution in [2.24, 2.45) is 11.5 Å². The van der Waals surface area contributed by atoms with E-state index < -0.39 is 23.0 Å². The van der Waals surface area contributed by atoms with Crippen molar-refractivity contribution in [3.63, 3.8) is 0 Å². The Labute approximate surface area is 200 Å². The second-order valence-corrected chi connectivity index (χ2v) is 7.84. The molecule has 11 heteroatoms. The fourth-order valence-electron chi connectivity index (χ4n) is 2.92. The molecular formula is C24H28FN3O7. The molecule has 0 aliphatic heterocycles. The Morgan fingerprint density at radius 3 is 2.40 bits per heavy atom. The smallest absolute Gasteiger partial charge is 0.344 e. The summed E-state index contributed by atoms with van der Waals surface area (Å²) in [5.41, 5.74) is 10.2. The number of halogens is 1. The van der Waals surface area contributed by atoms with Crippen molar-refractivity contribution in [3.05, 3.63) is 59.0 Å². The summed E-state index contributed by atoms with van der Waals surface area (Å²) in [6, 6.07) is 8.22. The van der Waals surface area contributed by atoms with Crippen LogP contribution in [0, 0.1) is 5.82 Å². The molecule has 3 rings (SSSR count). The standard InChI is InChI=1S/C24H28FN3O7/c1-24(27,15-26)23(30)34-11-9-32-7-6-31-8-10-33-17-4-2-16(3-5-17)18-12-19-20(25)13-28-14-21(19)35-22(18)29/h2-5,12-14H,6-11,15,26-27H2,1H3. The summed E-state index contributed by atoms with van der Waals surface area (Å²) in [5, 5.41) is 0.183. The molecule has 1 aromatic carbocycles. The lowest BCUT2D eigenvalue weighted by Gasteiger charge is -2.19. The number of rotatable bonds is 13. The van der Waals surface area contributed by atoms with Gasteiger partial charge in [-0.25, -0.2) is 9.18 Å². The van der Waals surface area contributed by atoms with Crippen LogP contribution in [0.15, 0.2) is 51.9 Å². The number of carbonyl (C=O) groups is 1. The zero-order chi connectivity index (χ0) is 25.3. The van der Waals surface area contributed by atoms with E-state index in [1.807, 2.05) is 0 Å². The molecule has 0 radical (unpaired) electrons. The van der Waals surface area contributed by atoms with Crippen LogP contribution < -0.4 is 21.8 Å². The van der Waals surface area contributed by atoms with Crippen LogP contribution in [0.1, 0.15) is 6.92 Å². The topological polar surface area (TPSA) is 149 Å². The highest BCUT2D eigenvalue weighted by atomic mass is 19.1. The SMILES string of the molecule is CC(N)(CN)C(=O)OCCOCCOCCOc1ccc(-c2cc3c(F)cncc3oc2=O)cc1. The summed E-state index contributed by atoms with van der Waals surface area (Å²) in [4.78, 5) is 27.6. The summed E-state index contributed by atoms with van der Waals surface area (Å²) in [7, 11) is 0. The van der Waals surface area contributed by atoms with E-state index in [-0.39, 0.29) is 36.3 Å². The number of fused-ring (bicyclic) bond motifs is 1. The highest BCUT2D eigenvalue weighted by Crippen LogP contribution is 2.24. The van der Waals surface area contributed by atoms with Crippen LogP contribution in [0.2, 0.25) is 0 Å². The third kappa shape index (κ3) is 7.30. The highest BCUT2D eigenvalue weighted by Gasteiger charge is 2.28. The Bertz CT molecular complexity index is 1180. The van der Waals surface area contributed by atoms with Gasteiger partial charge in [-0.05, 0) is 30.7 Å². The van der Waals surface area contributed by atoms with E-state index in [2.05, 4.69) is 4.98 Å². The molecule has 1 unspecified atom stereocenters. The monoisotopic (exact) mass is 489 g/mol. The van der Waals surface area contributed by atoms with E-state index >= 15 is 0 Å². The minimum atomic E-state index is -1.20. The van der Waals surface area contributed by atoms with Crippen molar-refractivity contribution in [2.45, 2.75) is 12.5 Å². The van der Waals surface area contributed by atoms with Crippen LogP contribution in [0.3, 0.4) is 0 Å². The molecule has 4 N–H and O–H groups in total. The first-order valence-electron chi connectivity index (χ1n) is 10.9. The average Bonchev–Trinajstić information content (AvgIpc) is 2.85. The van der Waals surface area contributed by atoms with E-state index in [4.69, 9.17) is 34.8 Å². The first kappa shape index (κ1) is 26.2. The van der Waals surface area contributed by atoms with Crippen molar-refractivity contribution in [3.8, 4) is 16.9 Å². The number of hydrogen-bond acceptors (Lipinski definition) is 10. The number of benzene rings is 1. The first-order chi connectivity index (χ1) is 16.8. The van der Waals surface area contributed by atoms with Gasteiger partial charge in [-0.15, -0.1) is 0 Å². The Hall–Kier alpha value is -3.38. The number of nitrogens with two attached hydrogens (primary N) is 2. The average molecular weight is 490 g/mol. The molecule has 1 atom stereocenters. The molecule has 2 heterocycles. The highest BCUT2D eigenvalue weighted by molar-refractivity contribution is 5.81. The summed E-state index contributed by atoms with van der Waals surface area (Å²) < 4.78 is 40.5. The first-order valence-corrected chi connectivity index (χ1v) is 10.9. The Morgan fingerprint density at radius 2 is 1.71 bits per heavy atom. The Morgan fingerprint density at radius 1 is 1.06 bits per heavy atom. The molecule has 10 nitrogen and oxygen atoms in total. The minimum absolute atomic E-state index is 0.00615. The molecule has 35 heavy (non-hydrogen) atoms. The van der Waals surface area contributed by atoms with Crippen LogP contribution in [-0.4, -0.2) is 62.7 Å². The molecule has 0 amide bonds. The number of aromatic nitrogens is 1. The third-order valence-electron chi connectivity index (χ3n) is 5.00. The van der Waals surface area contributed by atoms with Gasteiger partial charge in [-0.2, -0.15) is 0 Å². The second kappa shape index (κ2) is 12.4. The number of ether oxygens (including phenoxy) is 4. The van der Waals surface area contributed by atoms with E-state index in [9.17, 15) is 14.0 Å². The summed E-state index contributed by atoms with van der Waals surface area (Å²) in [6.45, 7) is 3.12. The van der Waals surface area contributed by atoms with Gasteiger partial charge in [0.1, 0.15) is 24.5 Å². The van der Waals surface area contributed by atoms with Crippen LogP contribution in [-0.2, 0) is 19.0 Å². The van der Waals surface area contributed by atoms with Gasteiger partial charge >= 0.3 is 11.6 Å². The fourth-order valence-corrected chi connectivity index (χ4v) is 2.92. The number of nitrogens with zero attached hydrogens (tertiary/aromatic N) is 1. The minimum Gasteiger partial charge on any atom is -0.491 e. The van der Waals surface area contributed by atoms with Crippen LogP contribution in [0.4, 0.5) is 4.39 Å². The number of hydrogen-bond donors (Lipinski definition) is 2. The quantitative estimate of drug-likeness (QED) is 0.268. The Balaban J connectivity index is 1.34. The molecule has 2 aromatic heterocycles. The van der Waals surface area contributed by atoms with Crippen molar-refractivity contribution in [1.82, 2.24) is 4.98 Å². The lowest BCUT2D eigenvalue weighted by Crippen LogP contribution is -2.52. The van der Waals surface area contributed by atoms with Crippen LogP contribution in [0.5, 0.6) is 5.75 Å². The van der Waals surface area contributed by atoms with Gasteiger partial charge in [-0.1, -0.05) is 12.1 Å². The van der Waals surface area contributed by atoms with E-state index in [1.54, 1.807) is 24.3 Å². The summed E-state index contributed by atoms with van der Waals surface area (Å²) in [5.74, 6) is -0.555. The zero-order valence-corrected chi connectivity index (χ0v) is 19.3. The van der Waals surface area contributed by atoms with Gasteiger partial charge in [0.25, 0.3) is 0 Å². The van der Waals surface area contributed by atoms with Crippen molar-refractivity contribution in [1.29, 1.82) is 0 Å². The Kier molecular flexibility index (Phi) is 9.26. The lowest BCUT2D eigenvalue weighted by atomic mass is 10.1. The van der Waals surface area contributed by atoms with E-state index in [0.29, 0.717) is 37.7 Å². The number of pyridine rings is 1. The van der Waals surface area contributed by atoms with Gasteiger partial charge in [0, 0.05) is 6.54 Å². The fraction of sp³-hybridized carbons (Fsp3) is 0.375. The van der Waals surface area contributed by atoms with E-state index in [1.165, 1.54) is 19.2 Å². The maximum Gasteiger partial charge on any atom is 0.344 e.